The Morgan fingerprint density at radius 2 is 2.00 bits per heavy atom. The Morgan fingerprint density at radius 3 is 2.58 bits per heavy atom. The summed E-state index contributed by atoms with van der Waals surface area (Å²) >= 11 is 6.59. The van der Waals surface area contributed by atoms with E-state index in [1.165, 1.54) is 24.3 Å². The van der Waals surface area contributed by atoms with Crippen molar-refractivity contribution in [3.8, 4) is 0 Å². The predicted octanol–water partition coefficient (Wildman–Crippen LogP) is 3.17. The average Bonchev–Trinajstić information content (AvgIpc) is 2.51. The van der Waals surface area contributed by atoms with Crippen molar-refractivity contribution in [2.45, 2.75) is 27.9 Å². The van der Waals surface area contributed by atoms with Crippen LogP contribution in [0.4, 0.5) is 5.69 Å². The van der Waals surface area contributed by atoms with Crippen LogP contribution in [0.1, 0.15) is 13.8 Å². The monoisotopic (exact) mass is 478 g/mol. The van der Waals surface area contributed by atoms with Crippen molar-refractivity contribution in [1.29, 1.82) is 0 Å². The van der Waals surface area contributed by atoms with E-state index < -0.39 is 24.1 Å². The van der Waals surface area contributed by atoms with E-state index in [2.05, 4.69) is 36.3 Å². The Kier molecular flexibility index (Phi) is 5.12. The summed E-state index contributed by atoms with van der Waals surface area (Å²) < 4.78 is 27.6. The van der Waals surface area contributed by atoms with Gasteiger partial charge in [0.1, 0.15) is 4.32 Å². The second-order valence-corrected chi connectivity index (χ2v) is 9.51. The van der Waals surface area contributed by atoms with Gasteiger partial charge in [0, 0.05) is 12.1 Å². The van der Waals surface area contributed by atoms with Crippen molar-refractivity contribution < 1.29 is 18.1 Å². The van der Waals surface area contributed by atoms with Crippen LogP contribution in [-0.4, -0.2) is 34.0 Å². The second kappa shape index (κ2) is 6.49. The van der Waals surface area contributed by atoms with E-state index in [1.54, 1.807) is 13.8 Å². The Hall–Kier alpha value is -1.39. The highest BCUT2D eigenvalue weighted by molar-refractivity contribution is 9.13. The Labute approximate surface area is 155 Å². The largest absolute Gasteiger partial charge is 0.293 e. The molecule has 0 bridgehead atoms. The lowest BCUT2D eigenvalue weighted by Gasteiger charge is -2.31. The number of Topliss-reactive ketones (excluding diaryl/α,β-unsaturated/α-hetero) is 1. The minimum Gasteiger partial charge on any atom is -0.293 e. The number of sulfonamides is 1. The maximum absolute atomic E-state index is 12.5. The molecule has 0 aliphatic heterocycles. The standard InChI is InChI=1S/C14H12Br2N2O5S/c1-8-6-11(12(15)14(2,16)13(8)19)17-24(22,23)10-5-3-4-9(7-10)18(20)21/h3-7,12H,1-2H3/b17-11-. The molecule has 1 aliphatic rings. The molecular formula is C14H12Br2N2O5S. The summed E-state index contributed by atoms with van der Waals surface area (Å²) in [6.07, 6.45) is 1.39. The molecule has 1 aromatic carbocycles. The van der Waals surface area contributed by atoms with Gasteiger partial charge < -0.3 is 0 Å². The van der Waals surface area contributed by atoms with Crippen molar-refractivity contribution in [2.24, 2.45) is 4.40 Å². The quantitative estimate of drug-likeness (QED) is 0.376. The van der Waals surface area contributed by atoms with Gasteiger partial charge in [0.25, 0.3) is 15.7 Å². The zero-order valence-corrected chi connectivity index (χ0v) is 16.6. The van der Waals surface area contributed by atoms with Crippen LogP contribution in [0.15, 0.2) is 45.2 Å². The third-order valence-corrected chi connectivity index (χ3v) is 7.57. The van der Waals surface area contributed by atoms with E-state index in [9.17, 15) is 23.3 Å². The summed E-state index contributed by atoms with van der Waals surface area (Å²) in [4.78, 5) is 21.3. The number of hydrogen-bond acceptors (Lipinski definition) is 5. The van der Waals surface area contributed by atoms with Crippen LogP contribution in [0, 0.1) is 10.1 Å². The van der Waals surface area contributed by atoms with E-state index in [1.807, 2.05) is 0 Å². The molecule has 0 amide bonds. The van der Waals surface area contributed by atoms with Gasteiger partial charge in [-0.3, -0.25) is 14.9 Å². The number of alkyl halides is 2. The van der Waals surface area contributed by atoms with Crippen molar-refractivity contribution >= 4 is 59.1 Å². The SMILES string of the molecule is CC1=C/C(=N/S(=O)(=O)c2cccc([N+](=O)[O-])c2)C(Br)C(C)(Br)C1=O. The van der Waals surface area contributed by atoms with E-state index in [4.69, 9.17) is 0 Å². The number of nitrogens with zero attached hydrogens (tertiary/aromatic N) is 2. The van der Waals surface area contributed by atoms with Gasteiger partial charge in [-0.05, 0) is 31.6 Å². The summed E-state index contributed by atoms with van der Waals surface area (Å²) in [6.45, 7) is 3.18. The van der Waals surface area contributed by atoms with E-state index in [0.717, 1.165) is 6.07 Å². The van der Waals surface area contributed by atoms with Gasteiger partial charge in [-0.1, -0.05) is 37.9 Å². The van der Waals surface area contributed by atoms with Crippen LogP contribution < -0.4 is 0 Å². The number of non-ortho nitro benzene ring substituents is 1. The zero-order valence-electron chi connectivity index (χ0n) is 12.6. The first-order chi connectivity index (χ1) is 11.0. The van der Waals surface area contributed by atoms with Gasteiger partial charge in [-0.2, -0.15) is 12.8 Å². The highest BCUT2D eigenvalue weighted by atomic mass is 79.9. The fourth-order valence-electron chi connectivity index (χ4n) is 2.16. The van der Waals surface area contributed by atoms with Gasteiger partial charge >= 0.3 is 0 Å². The topological polar surface area (TPSA) is 107 Å². The predicted molar refractivity (Wildman–Crippen MR) is 96.5 cm³/mol. The van der Waals surface area contributed by atoms with Gasteiger partial charge in [0.15, 0.2) is 5.78 Å². The fourth-order valence-corrected chi connectivity index (χ4v) is 4.35. The Balaban J connectivity index is 2.55. The molecule has 2 unspecified atom stereocenters. The highest BCUT2D eigenvalue weighted by Crippen LogP contribution is 2.36. The summed E-state index contributed by atoms with van der Waals surface area (Å²) in [5, 5.41) is 10.8. The number of benzene rings is 1. The Morgan fingerprint density at radius 1 is 1.38 bits per heavy atom. The summed E-state index contributed by atoms with van der Waals surface area (Å²) in [5.41, 5.74) is 0.151. The average molecular weight is 480 g/mol. The van der Waals surface area contributed by atoms with E-state index in [-0.39, 0.29) is 22.1 Å². The molecule has 0 aromatic heterocycles. The first-order valence-electron chi connectivity index (χ1n) is 6.62. The van der Waals surface area contributed by atoms with Gasteiger partial charge in [-0.25, -0.2) is 0 Å². The number of carbonyl (C=O) groups is 1. The highest BCUT2D eigenvalue weighted by Gasteiger charge is 2.44. The molecule has 128 valence electrons. The first-order valence-corrected chi connectivity index (χ1v) is 9.77. The molecule has 7 nitrogen and oxygen atoms in total. The second-order valence-electron chi connectivity index (χ2n) is 5.34. The number of hydrogen-bond donors (Lipinski definition) is 0. The van der Waals surface area contributed by atoms with Crippen LogP contribution >= 0.6 is 31.9 Å². The Bertz CT molecular complexity index is 890. The molecule has 0 heterocycles. The molecule has 10 heteroatoms. The molecule has 24 heavy (non-hydrogen) atoms. The minimum absolute atomic E-state index is 0.137. The number of allylic oxidation sites excluding steroid dienone is 2. The number of halogens is 2. The number of nitro groups is 1. The number of rotatable bonds is 3. The first kappa shape index (κ1) is 18.9. The molecule has 2 atom stereocenters. The molecule has 1 aliphatic carbocycles. The molecular weight excluding hydrogens is 468 g/mol. The lowest BCUT2D eigenvalue weighted by Crippen LogP contribution is -2.46. The minimum atomic E-state index is -4.16. The summed E-state index contributed by atoms with van der Waals surface area (Å²) in [7, 11) is -4.16. The molecule has 0 N–H and O–H groups in total. The van der Waals surface area contributed by atoms with Crippen molar-refractivity contribution in [3.05, 3.63) is 46.0 Å². The van der Waals surface area contributed by atoms with Crippen LogP contribution in [0.25, 0.3) is 0 Å². The van der Waals surface area contributed by atoms with Crippen LogP contribution in [0.2, 0.25) is 0 Å². The maximum atomic E-state index is 12.5. The lowest BCUT2D eigenvalue weighted by molar-refractivity contribution is -0.385. The third kappa shape index (κ3) is 3.50. The fraction of sp³-hybridized carbons (Fsp3) is 0.286. The zero-order chi connectivity index (χ0) is 18.3. The summed E-state index contributed by atoms with van der Waals surface area (Å²) in [6, 6.07) is 4.64. The van der Waals surface area contributed by atoms with Crippen molar-refractivity contribution in [1.82, 2.24) is 0 Å². The number of ketones is 1. The molecule has 2 rings (SSSR count). The molecule has 1 aromatic rings. The van der Waals surface area contributed by atoms with Gasteiger partial charge in [0.05, 0.1) is 20.4 Å². The molecule has 0 spiro atoms. The molecule has 0 saturated heterocycles. The molecule has 0 saturated carbocycles. The summed E-state index contributed by atoms with van der Waals surface area (Å²) in [5.74, 6) is -0.184. The van der Waals surface area contributed by atoms with Crippen molar-refractivity contribution in [2.75, 3.05) is 0 Å². The van der Waals surface area contributed by atoms with E-state index in [0.29, 0.717) is 5.57 Å². The van der Waals surface area contributed by atoms with Gasteiger partial charge in [0.2, 0.25) is 0 Å². The van der Waals surface area contributed by atoms with Crippen LogP contribution in [0.3, 0.4) is 0 Å². The number of nitro benzene ring substituents is 1. The smallest absolute Gasteiger partial charge is 0.282 e. The lowest BCUT2D eigenvalue weighted by atomic mass is 9.88. The normalized spacial score (nSPS) is 26.3. The third-order valence-electron chi connectivity index (χ3n) is 3.45. The molecule has 0 radical (unpaired) electrons. The van der Waals surface area contributed by atoms with Crippen molar-refractivity contribution in [3.63, 3.8) is 0 Å². The van der Waals surface area contributed by atoms with Crippen LogP contribution in [0.5, 0.6) is 0 Å². The maximum Gasteiger partial charge on any atom is 0.282 e. The van der Waals surface area contributed by atoms with E-state index >= 15 is 0 Å². The number of carbonyl (C=O) groups excluding carboxylic acids is 1. The molecule has 0 fully saturated rings. The van der Waals surface area contributed by atoms with Crippen LogP contribution in [-0.2, 0) is 14.8 Å². The van der Waals surface area contributed by atoms with Gasteiger partial charge in [-0.15, -0.1) is 0 Å².